The average molecular weight is 665 g/mol. The van der Waals surface area contributed by atoms with Crippen LogP contribution >= 0.6 is 23.2 Å². The van der Waals surface area contributed by atoms with Gasteiger partial charge in [-0.3, -0.25) is 4.79 Å². The van der Waals surface area contributed by atoms with Crippen LogP contribution in [0.5, 0.6) is 5.75 Å². The predicted molar refractivity (Wildman–Crippen MR) is 181 cm³/mol. The van der Waals surface area contributed by atoms with Gasteiger partial charge in [0, 0.05) is 24.7 Å². The maximum Gasteiger partial charge on any atom is 0.251 e. The number of carbonyl (C=O) groups is 2. The Hall–Kier alpha value is -3.67. The van der Waals surface area contributed by atoms with E-state index >= 15 is 0 Å². The second-order valence-electron chi connectivity index (χ2n) is 11.2. The Kier molecular flexibility index (Phi) is 20.1. The first kappa shape index (κ1) is 41.3. The Morgan fingerprint density at radius 1 is 1.02 bits per heavy atom. The van der Waals surface area contributed by atoms with Gasteiger partial charge >= 0.3 is 0 Å². The molecule has 2 unspecified atom stereocenters. The van der Waals surface area contributed by atoms with Crippen LogP contribution in [-0.4, -0.2) is 33.4 Å². The minimum atomic E-state index is -0.454. The fourth-order valence-electron chi connectivity index (χ4n) is 4.42. The smallest absolute Gasteiger partial charge is 0.251 e. The van der Waals surface area contributed by atoms with Crippen LogP contribution in [0.1, 0.15) is 75.7 Å². The Morgan fingerprint density at radius 2 is 1.64 bits per heavy atom. The van der Waals surface area contributed by atoms with Crippen LogP contribution in [0.4, 0.5) is 14.5 Å². The number of rotatable bonds is 9. The molecule has 0 heterocycles. The number of nitrogens with zero attached hydrogens (tertiary/aromatic N) is 1. The highest BCUT2D eigenvalue weighted by Gasteiger charge is 2.20. The normalized spacial score (nSPS) is 11.4. The molecule has 0 aromatic heterocycles. The van der Waals surface area contributed by atoms with Crippen molar-refractivity contribution in [2.24, 2.45) is 11.3 Å². The molecule has 0 aliphatic rings. The van der Waals surface area contributed by atoms with E-state index < -0.39 is 11.7 Å². The zero-order valence-electron chi connectivity index (χ0n) is 27.1. The van der Waals surface area contributed by atoms with Gasteiger partial charge in [0.05, 0.1) is 34.8 Å². The topological polar surface area (TPSA) is 91.2 Å². The van der Waals surface area contributed by atoms with Gasteiger partial charge in [-0.2, -0.15) is 5.26 Å². The van der Waals surface area contributed by atoms with Crippen LogP contribution < -0.4 is 15.4 Å². The van der Waals surface area contributed by atoms with Gasteiger partial charge in [0.25, 0.3) is 5.91 Å². The lowest BCUT2D eigenvalue weighted by atomic mass is 9.82. The molecule has 3 aromatic carbocycles. The van der Waals surface area contributed by atoms with Crippen LogP contribution in [-0.2, 0) is 4.79 Å². The number of amides is 1. The van der Waals surface area contributed by atoms with Gasteiger partial charge in [-0.05, 0) is 73.9 Å². The van der Waals surface area contributed by atoms with Crippen molar-refractivity contribution < 1.29 is 23.1 Å². The molecule has 0 fully saturated rings. The SMILES string of the molecule is C=O.CC(CCC(C#N)c1cccc(Cl)c1F)CC(C)(C)C.CCNC(=O)c1ccc(NC)c(OC)c1.Fc1ccccc1Cl. The molecule has 0 aliphatic carbocycles. The van der Waals surface area contributed by atoms with Crippen molar-refractivity contribution in [1.29, 1.82) is 5.26 Å². The van der Waals surface area contributed by atoms with Crippen molar-refractivity contribution >= 4 is 41.6 Å². The van der Waals surface area contributed by atoms with Gasteiger partial charge in [0.15, 0.2) is 0 Å². The molecule has 246 valence electrons. The summed E-state index contributed by atoms with van der Waals surface area (Å²) in [4.78, 5) is 19.5. The number of benzene rings is 3. The van der Waals surface area contributed by atoms with E-state index in [1.54, 1.807) is 43.5 Å². The quantitative estimate of drug-likeness (QED) is 0.238. The summed E-state index contributed by atoms with van der Waals surface area (Å²) in [6.07, 6.45) is 2.69. The summed E-state index contributed by atoms with van der Waals surface area (Å²) in [6, 6.07) is 18.5. The number of hydrogen-bond donors (Lipinski definition) is 2. The van der Waals surface area contributed by atoms with E-state index in [4.69, 9.17) is 32.7 Å². The maximum atomic E-state index is 14.0. The number of ether oxygens (including phenoxy) is 1. The molecule has 10 heteroatoms. The number of halogens is 4. The van der Waals surface area contributed by atoms with E-state index in [0.29, 0.717) is 35.8 Å². The maximum absolute atomic E-state index is 14.0. The van der Waals surface area contributed by atoms with Gasteiger partial charge in [-0.1, -0.05) is 75.2 Å². The number of anilines is 1. The second-order valence-corrected chi connectivity index (χ2v) is 12.0. The third-order valence-corrected chi connectivity index (χ3v) is 6.91. The molecule has 45 heavy (non-hydrogen) atoms. The predicted octanol–water partition coefficient (Wildman–Crippen LogP) is 9.72. The lowest BCUT2D eigenvalue weighted by molar-refractivity contribution is -0.0980. The van der Waals surface area contributed by atoms with Crippen molar-refractivity contribution in [3.63, 3.8) is 0 Å². The summed E-state index contributed by atoms with van der Waals surface area (Å²) < 4.78 is 31.3. The summed E-state index contributed by atoms with van der Waals surface area (Å²) in [7, 11) is 3.39. The molecule has 3 aromatic rings. The van der Waals surface area contributed by atoms with E-state index in [0.717, 1.165) is 18.5 Å². The Morgan fingerprint density at radius 3 is 2.13 bits per heavy atom. The van der Waals surface area contributed by atoms with E-state index in [1.807, 2.05) is 26.8 Å². The summed E-state index contributed by atoms with van der Waals surface area (Å²) >= 11 is 11.1. The first-order valence-electron chi connectivity index (χ1n) is 14.4. The second kappa shape index (κ2) is 21.9. The molecule has 3 rings (SSSR count). The van der Waals surface area contributed by atoms with E-state index in [1.165, 1.54) is 18.2 Å². The first-order chi connectivity index (χ1) is 21.3. The fraction of sp³-hybridized carbons (Fsp3) is 0.400. The zero-order valence-corrected chi connectivity index (χ0v) is 28.7. The molecule has 0 aliphatic heterocycles. The van der Waals surface area contributed by atoms with E-state index in [2.05, 4.69) is 44.4 Å². The highest BCUT2D eigenvalue weighted by atomic mass is 35.5. The molecule has 0 spiro atoms. The van der Waals surface area contributed by atoms with Crippen molar-refractivity contribution in [2.75, 3.05) is 26.0 Å². The molecule has 0 saturated carbocycles. The van der Waals surface area contributed by atoms with Crippen LogP contribution in [0.2, 0.25) is 10.0 Å². The van der Waals surface area contributed by atoms with E-state index in [9.17, 15) is 18.8 Å². The number of hydrogen-bond acceptors (Lipinski definition) is 5. The van der Waals surface area contributed by atoms with Gasteiger partial charge in [-0.25, -0.2) is 8.78 Å². The zero-order chi connectivity index (χ0) is 34.6. The molecule has 0 bridgehead atoms. The van der Waals surface area contributed by atoms with Gasteiger partial charge < -0.3 is 20.2 Å². The first-order valence-corrected chi connectivity index (χ1v) is 15.2. The highest BCUT2D eigenvalue weighted by molar-refractivity contribution is 6.31. The molecular formula is C35H45Cl2F2N3O3. The van der Waals surface area contributed by atoms with Crippen LogP contribution in [0.15, 0.2) is 60.7 Å². The summed E-state index contributed by atoms with van der Waals surface area (Å²) in [6.45, 7) is 13.3. The summed E-state index contributed by atoms with van der Waals surface area (Å²) in [5.74, 6) is -0.137. The Bertz CT molecular complexity index is 1340. The molecule has 6 nitrogen and oxygen atoms in total. The fourth-order valence-corrected chi connectivity index (χ4v) is 4.74. The van der Waals surface area contributed by atoms with E-state index in [-0.39, 0.29) is 27.2 Å². The lowest BCUT2D eigenvalue weighted by Crippen LogP contribution is -2.22. The van der Waals surface area contributed by atoms with Crippen LogP contribution in [0.25, 0.3) is 0 Å². The number of methoxy groups -OCH3 is 1. The monoisotopic (exact) mass is 663 g/mol. The minimum Gasteiger partial charge on any atom is -0.495 e. The van der Waals surface area contributed by atoms with Crippen molar-refractivity contribution in [1.82, 2.24) is 5.32 Å². The molecule has 2 atom stereocenters. The average Bonchev–Trinajstić information content (AvgIpc) is 3.01. The van der Waals surface area contributed by atoms with Gasteiger partial charge in [-0.15, -0.1) is 0 Å². The molecular weight excluding hydrogens is 619 g/mol. The lowest BCUT2D eigenvalue weighted by Gasteiger charge is -2.23. The standard InChI is InChI=1S/C17H23ClFN.C11H16N2O2.C6H4ClF.CH2O/c1-12(10-17(2,3)4)8-9-13(11-20)14-6-5-7-15(18)16(14)19;1-4-13-11(14)8-5-6-9(12-2)10(7-8)15-3;7-5-3-1-2-4-6(5)8;1-2/h5-7,12-13H,8-10H2,1-4H3;5-7,12H,4H2,1-3H3,(H,13,14);1-4H;1H2. The Balaban J connectivity index is 0.000000677. The van der Waals surface area contributed by atoms with Crippen LogP contribution in [0, 0.1) is 34.3 Å². The summed E-state index contributed by atoms with van der Waals surface area (Å²) in [5.41, 5.74) is 2.17. The summed E-state index contributed by atoms with van der Waals surface area (Å²) in [5, 5.41) is 15.3. The molecule has 0 radical (unpaired) electrons. The molecule has 0 saturated heterocycles. The van der Waals surface area contributed by atoms with Gasteiger partial charge in [0.1, 0.15) is 24.2 Å². The number of nitrogens with one attached hydrogen (secondary N) is 2. The molecule has 2 N–H and O–H groups in total. The number of carbonyl (C=O) groups excluding carboxylic acids is 2. The minimum absolute atomic E-state index is 0.0848. The van der Waals surface area contributed by atoms with Crippen LogP contribution in [0.3, 0.4) is 0 Å². The third kappa shape index (κ3) is 15.8. The van der Waals surface area contributed by atoms with Crippen molar-refractivity contribution in [3.05, 3.63) is 93.5 Å². The van der Waals surface area contributed by atoms with Crippen molar-refractivity contribution in [2.45, 2.75) is 59.8 Å². The largest absolute Gasteiger partial charge is 0.495 e. The third-order valence-electron chi connectivity index (χ3n) is 6.32. The highest BCUT2D eigenvalue weighted by Crippen LogP contribution is 2.32. The van der Waals surface area contributed by atoms with Crippen molar-refractivity contribution in [3.8, 4) is 11.8 Å². The molecule has 1 amide bonds. The number of nitriles is 1. The Labute approximate surface area is 277 Å². The van der Waals surface area contributed by atoms with Gasteiger partial charge in [0.2, 0.25) is 0 Å².